The zero-order valence-corrected chi connectivity index (χ0v) is 21.1. The topological polar surface area (TPSA) is 89.4 Å². The van der Waals surface area contributed by atoms with Crippen LogP contribution in [-0.2, 0) is 4.74 Å². The van der Waals surface area contributed by atoms with Crippen LogP contribution in [0.25, 0.3) is 5.69 Å². The van der Waals surface area contributed by atoms with Gasteiger partial charge in [-0.25, -0.2) is 14.5 Å². The second kappa shape index (κ2) is 9.58. The zero-order valence-electron chi connectivity index (χ0n) is 20.3. The number of piperidine rings is 1. The third-order valence-corrected chi connectivity index (χ3v) is 6.51. The third kappa shape index (κ3) is 5.30. The van der Waals surface area contributed by atoms with Crippen molar-refractivity contribution < 1.29 is 14.3 Å². The van der Waals surface area contributed by atoms with Crippen molar-refractivity contribution in [2.24, 2.45) is 0 Å². The third-order valence-electron chi connectivity index (χ3n) is 5.82. The quantitative estimate of drug-likeness (QED) is 0.545. The van der Waals surface area contributed by atoms with Crippen molar-refractivity contribution in [2.45, 2.75) is 59.0 Å². The molecule has 0 bridgehead atoms. The minimum atomic E-state index is -0.531. The molecule has 0 unspecified atom stereocenters. The Labute approximate surface area is 203 Å². The number of hydrogen-bond acceptors (Lipinski definition) is 6. The van der Waals surface area contributed by atoms with Gasteiger partial charge in [0.2, 0.25) is 0 Å². The maximum atomic E-state index is 13.2. The van der Waals surface area contributed by atoms with Crippen LogP contribution in [0.5, 0.6) is 0 Å². The van der Waals surface area contributed by atoms with Gasteiger partial charge in [0.05, 0.1) is 23.1 Å². The number of carbonyl (C=O) groups is 2. The molecule has 3 aromatic rings. The number of hydrogen-bond donors (Lipinski definition) is 1. The van der Waals surface area contributed by atoms with Crippen molar-refractivity contribution in [3.8, 4) is 5.69 Å². The second-order valence-corrected chi connectivity index (χ2v) is 10.6. The van der Waals surface area contributed by atoms with Gasteiger partial charge < -0.3 is 9.64 Å². The maximum Gasteiger partial charge on any atom is 0.410 e. The van der Waals surface area contributed by atoms with Gasteiger partial charge in [0, 0.05) is 30.6 Å². The molecular formula is C25H31N5O3S. The van der Waals surface area contributed by atoms with E-state index in [-0.39, 0.29) is 17.9 Å². The number of likely N-dealkylation sites (tertiary alicyclic amines) is 1. The summed E-state index contributed by atoms with van der Waals surface area (Å²) in [7, 11) is 0. The fourth-order valence-corrected chi connectivity index (χ4v) is 4.80. The number of aromatic nitrogens is 3. The number of nitrogens with zero attached hydrogens (tertiary/aromatic N) is 4. The van der Waals surface area contributed by atoms with Crippen molar-refractivity contribution in [3.05, 3.63) is 58.4 Å². The molecule has 1 aromatic carbocycles. The van der Waals surface area contributed by atoms with Gasteiger partial charge in [-0.2, -0.15) is 5.10 Å². The van der Waals surface area contributed by atoms with Gasteiger partial charge >= 0.3 is 6.09 Å². The monoisotopic (exact) mass is 481 g/mol. The number of ether oxygens (including phenoxy) is 1. The van der Waals surface area contributed by atoms with Crippen molar-refractivity contribution in [2.75, 3.05) is 18.4 Å². The van der Waals surface area contributed by atoms with E-state index < -0.39 is 5.60 Å². The highest BCUT2D eigenvalue weighted by atomic mass is 32.1. The highest BCUT2D eigenvalue weighted by Gasteiger charge is 2.32. The molecule has 0 aliphatic carbocycles. The van der Waals surface area contributed by atoms with Crippen LogP contribution in [0.15, 0.2) is 36.0 Å². The van der Waals surface area contributed by atoms with Gasteiger partial charge in [-0.1, -0.05) is 17.7 Å². The predicted octanol–water partition coefficient (Wildman–Crippen LogP) is 5.31. The zero-order chi connectivity index (χ0) is 24.5. The molecule has 1 saturated heterocycles. The molecule has 1 N–H and O–H groups in total. The summed E-state index contributed by atoms with van der Waals surface area (Å²) in [4.78, 5) is 31.7. The summed E-state index contributed by atoms with van der Waals surface area (Å²) >= 11 is 1.37. The Morgan fingerprint density at radius 3 is 2.53 bits per heavy atom. The summed E-state index contributed by atoms with van der Waals surface area (Å²) < 4.78 is 7.43. The lowest BCUT2D eigenvalue weighted by atomic mass is 9.90. The van der Waals surface area contributed by atoms with E-state index in [0.29, 0.717) is 36.6 Å². The molecule has 1 aliphatic rings. The smallest absolute Gasteiger partial charge is 0.410 e. The molecule has 180 valence electrons. The summed E-state index contributed by atoms with van der Waals surface area (Å²) in [6.07, 6.45) is 4.43. The maximum absolute atomic E-state index is 13.2. The Morgan fingerprint density at radius 1 is 1.18 bits per heavy atom. The molecule has 1 fully saturated rings. The molecule has 2 amide bonds. The lowest BCUT2D eigenvalue weighted by Crippen LogP contribution is -2.41. The second-order valence-electron chi connectivity index (χ2n) is 9.68. The fourth-order valence-electron chi connectivity index (χ4n) is 4.27. The highest BCUT2D eigenvalue weighted by molar-refractivity contribution is 7.13. The summed E-state index contributed by atoms with van der Waals surface area (Å²) in [5.41, 5.74) is 4.07. The van der Waals surface area contributed by atoms with E-state index in [1.54, 1.807) is 17.3 Å². The van der Waals surface area contributed by atoms with E-state index in [4.69, 9.17) is 4.74 Å². The summed E-state index contributed by atoms with van der Waals surface area (Å²) in [6.45, 7) is 10.8. The lowest BCUT2D eigenvalue weighted by Gasteiger charge is -2.34. The molecule has 3 heterocycles. The predicted molar refractivity (Wildman–Crippen MR) is 133 cm³/mol. The molecule has 2 aromatic heterocycles. The van der Waals surface area contributed by atoms with Gasteiger partial charge in [-0.3, -0.25) is 10.1 Å². The molecular weight excluding hydrogens is 450 g/mol. The molecule has 0 saturated carbocycles. The Kier molecular flexibility index (Phi) is 6.74. The van der Waals surface area contributed by atoms with Gasteiger partial charge in [-0.05, 0) is 59.1 Å². The van der Waals surface area contributed by atoms with Gasteiger partial charge in [0.25, 0.3) is 5.91 Å². The van der Waals surface area contributed by atoms with E-state index in [2.05, 4.69) is 28.4 Å². The summed E-state index contributed by atoms with van der Waals surface area (Å²) in [5.74, 6) is -0.158. The number of rotatable bonds is 4. The van der Waals surface area contributed by atoms with E-state index in [9.17, 15) is 9.59 Å². The molecule has 34 heavy (non-hydrogen) atoms. The summed E-state index contributed by atoms with van der Waals surface area (Å²) in [6, 6.07) is 6.20. The van der Waals surface area contributed by atoms with E-state index in [1.165, 1.54) is 16.9 Å². The van der Waals surface area contributed by atoms with E-state index in [1.807, 2.05) is 49.9 Å². The first-order valence-corrected chi connectivity index (χ1v) is 12.3. The van der Waals surface area contributed by atoms with Gasteiger partial charge in [0.15, 0.2) is 5.13 Å². The van der Waals surface area contributed by atoms with Gasteiger partial charge in [0.1, 0.15) is 5.60 Å². The fraction of sp³-hybridized carbons (Fsp3) is 0.440. The molecule has 8 nitrogen and oxygen atoms in total. The Hall–Kier alpha value is -3.20. The van der Waals surface area contributed by atoms with Crippen LogP contribution in [0.3, 0.4) is 0 Å². The SMILES string of the molecule is Cc1ccc(-n2ncc(C(=O)Nc3nccs3)c2C2CCN(C(=O)OC(C)(C)C)CC2)c(C)c1. The Morgan fingerprint density at radius 2 is 1.91 bits per heavy atom. The molecule has 4 rings (SSSR count). The number of anilines is 1. The van der Waals surface area contributed by atoms with Crippen LogP contribution in [-0.4, -0.2) is 50.4 Å². The first kappa shape index (κ1) is 23.9. The minimum absolute atomic E-state index is 0.0685. The highest BCUT2D eigenvalue weighted by Crippen LogP contribution is 2.34. The van der Waals surface area contributed by atoms with Crippen molar-refractivity contribution in [1.29, 1.82) is 0 Å². The van der Waals surface area contributed by atoms with E-state index in [0.717, 1.165) is 16.9 Å². The van der Waals surface area contributed by atoms with Crippen LogP contribution < -0.4 is 5.32 Å². The number of aryl methyl sites for hydroxylation is 2. The number of amides is 2. The van der Waals surface area contributed by atoms with Crippen LogP contribution in [0.1, 0.15) is 66.7 Å². The molecule has 0 spiro atoms. The Bertz CT molecular complexity index is 1170. The number of carbonyl (C=O) groups excluding carboxylic acids is 2. The average Bonchev–Trinajstić information content (AvgIpc) is 3.42. The standard InChI is InChI=1S/C25H31N5O3S/c1-16-6-7-20(17(2)14-16)30-21(19(15-27-30)22(31)28-23-26-10-13-34-23)18-8-11-29(12-9-18)24(32)33-25(3,4)5/h6-7,10,13-15,18H,8-9,11-12H2,1-5H3,(H,26,28,31). The van der Waals surface area contributed by atoms with Crippen molar-refractivity contribution >= 4 is 28.5 Å². The molecule has 0 atom stereocenters. The minimum Gasteiger partial charge on any atom is -0.444 e. The van der Waals surface area contributed by atoms with E-state index >= 15 is 0 Å². The molecule has 9 heteroatoms. The van der Waals surface area contributed by atoms with Crippen molar-refractivity contribution in [3.63, 3.8) is 0 Å². The Balaban J connectivity index is 1.63. The number of benzene rings is 1. The largest absolute Gasteiger partial charge is 0.444 e. The normalized spacial score (nSPS) is 14.8. The molecule has 0 radical (unpaired) electrons. The molecule has 1 aliphatic heterocycles. The van der Waals surface area contributed by atoms with Crippen LogP contribution >= 0.6 is 11.3 Å². The first-order valence-electron chi connectivity index (χ1n) is 11.5. The lowest BCUT2D eigenvalue weighted by molar-refractivity contribution is 0.0203. The van der Waals surface area contributed by atoms with Crippen molar-refractivity contribution in [1.82, 2.24) is 19.7 Å². The van der Waals surface area contributed by atoms with Crippen LogP contribution in [0, 0.1) is 13.8 Å². The first-order chi connectivity index (χ1) is 16.1. The van der Waals surface area contributed by atoms with Crippen LogP contribution in [0.4, 0.5) is 9.93 Å². The van der Waals surface area contributed by atoms with Crippen LogP contribution in [0.2, 0.25) is 0 Å². The average molecular weight is 482 g/mol. The van der Waals surface area contributed by atoms with Gasteiger partial charge in [-0.15, -0.1) is 11.3 Å². The number of thiazole rings is 1. The summed E-state index contributed by atoms with van der Waals surface area (Å²) in [5, 5.41) is 9.90. The number of nitrogens with one attached hydrogen (secondary N) is 1.